The molecule has 0 aliphatic heterocycles. The quantitative estimate of drug-likeness (QED) is 0.734. The van der Waals surface area contributed by atoms with Crippen molar-refractivity contribution in [2.45, 2.75) is 32.3 Å². The molecule has 1 unspecified atom stereocenters. The summed E-state index contributed by atoms with van der Waals surface area (Å²) in [7, 11) is 0. The molecule has 1 rings (SSSR count). The first-order valence-corrected chi connectivity index (χ1v) is 5.02. The molecule has 0 fully saturated rings. The Morgan fingerprint density at radius 2 is 2.46 bits per heavy atom. The molecule has 0 aromatic carbocycles. The van der Waals surface area contributed by atoms with E-state index in [1.54, 1.807) is 0 Å². The van der Waals surface area contributed by atoms with E-state index >= 15 is 0 Å². The summed E-state index contributed by atoms with van der Waals surface area (Å²) in [6, 6.07) is 0. The number of alkyl halides is 1. The number of hydrogen-bond acceptors (Lipinski definition) is 2. The minimum atomic E-state index is 0.182. The maximum absolute atomic E-state index is 5.79. The van der Waals surface area contributed by atoms with Crippen molar-refractivity contribution in [3.8, 4) is 0 Å². The molecule has 0 bridgehead atoms. The van der Waals surface area contributed by atoms with Crippen molar-refractivity contribution in [2.24, 2.45) is 0 Å². The summed E-state index contributed by atoms with van der Waals surface area (Å²) < 4.78 is 1.92. The third kappa shape index (κ3) is 3.79. The van der Waals surface area contributed by atoms with E-state index in [2.05, 4.69) is 17.3 Å². The lowest BCUT2D eigenvalue weighted by Gasteiger charge is -2.03. The molecule has 0 aliphatic carbocycles. The second-order valence-corrected chi connectivity index (χ2v) is 3.86. The van der Waals surface area contributed by atoms with E-state index in [0.717, 1.165) is 19.6 Å². The van der Waals surface area contributed by atoms with Crippen molar-refractivity contribution >= 4 is 11.6 Å². The van der Waals surface area contributed by atoms with Crippen LogP contribution in [-0.2, 0) is 13.1 Å². The SMILES string of the molecule is CCn1cc(CNCC(C)Cl)cn1. The minimum Gasteiger partial charge on any atom is -0.311 e. The molecule has 0 spiro atoms. The van der Waals surface area contributed by atoms with Gasteiger partial charge in [-0.3, -0.25) is 4.68 Å². The van der Waals surface area contributed by atoms with Crippen molar-refractivity contribution < 1.29 is 0 Å². The van der Waals surface area contributed by atoms with Crippen molar-refractivity contribution in [1.29, 1.82) is 0 Å². The summed E-state index contributed by atoms with van der Waals surface area (Å²) in [4.78, 5) is 0. The van der Waals surface area contributed by atoms with Crippen molar-refractivity contribution in [3.05, 3.63) is 18.0 Å². The van der Waals surface area contributed by atoms with E-state index in [9.17, 15) is 0 Å². The largest absolute Gasteiger partial charge is 0.311 e. The first kappa shape index (κ1) is 10.5. The maximum atomic E-state index is 5.79. The molecule has 0 saturated heterocycles. The van der Waals surface area contributed by atoms with Crippen molar-refractivity contribution in [1.82, 2.24) is 15.1 Å². The van der Waals surface area contributed by atoms with E-state index in [1.165, 1.54) is 5.56 Å². The highest BCUT2D eigenvalue weighted by molar-refractivity contribution is 6.20. The van der Waals surface area contributed by atoms with Crippen LogP contribution in [0.4, 0.5) is 0 Å². The first-order chi connectivity index (χ1) is 6.22. The fourth-order valence-electron chi connectivity index (χ4n) is 1.09. The number of halogens is 1. The number of aryl methyl sites for hydroxylation is 1. The second-order valence-electron chi connectivity index (χ2n) is 3.12. The third-order valence-electron chi connectivity index (χ3n) is 1.77. The molecule has 74 valence electrons. The molecule has 1 heterocycles. The molecule has 0 aliphatic rings. The van der Waals surface area contributed by atoms with Gasteiger partial charge < -0.3 is 5.32 Å². The summed E-state index contributed by atoms with van der Waals surface area (Å²) in [5.74, 6) is 0. The Labute approximate surface area is 84.1 Å². The highest BCUT2D eigenvalue weighted by Gasteiger charge is 1.98. The van der Waals surface area contributed by atoms with Crippen LogP contribution >= 0.6 is 11.6 Å². The van der Waals surface area contributed by atoms with E-state index < -0.39 is 0 Å². The molecule has 0 saturated carbocycles. The summed E-state index contributed by atoms with van der Waals surface area (Å²) >= 11 is 5.79. The van der Waals surface area contributed by atoms with Crippen LogP contribution in [0.5, 0.6) is 0 Å². The van der Waals surface area contributed by atoms with Gasteiger partial charge in [-0.1, -0.05) is 0 Å². The van der Waals surface area contributed by atoms with Crippen LogP contribution in [0.3, 0.4) is 0 Å². The highest BCUT2D eigenvalue weighted by Crippen LogP contribution is 1.97. The van der Waals surface area contributed by atoms with Gasteiger partial charge in [0.25, 0.3) is 0 Å². The normalized spacial score (nSPS) is 13.2. The fraction of sp³-hybridized carbons (Fsp3) is 0.667. The van der Waals surface area contributed by atoms with Crippen LogP contribution in [0.1, 0.15) is 19.4 Å². The van der Waals surface area contributed by atoms with Crippen LogP contribution in [0.25, 0.3) is 0 Å². The van der Waals surface area contributed by atoms with Crippen LogP contribution in [-0.4, -0.2) is 21.7 Å². The lowest BCUT2D eigenvalue weighted by Crippen LogP contribution is -2.20. The Balaban J connectivity index is 2.28. The van der Waals surface area contributed by atoms with Gasteiger partial charge in [0.15, 0.2) is 0 Å². The number of nitrogens with zero attached hydrogens (tertiary/aromatic N) is 2. The van der Waals surface area contributed by atoms with Crippen molar-refractivity contribution in [3.63, 3.8) is 0 Å². The molecule has 13 heavy (non-hydrogen) atoms. The van der Waals surface area contributed by atoms with Crippen LogP contribution in [0.2, 0.25) is 0 Å². The van der Waals surface area contributed by atoms with Crippen LogP contribution in [0, 0.1) is 0 Å². The maximum Gasteiger partial charge on any atom is 0.0534 e. The zero-order valence-electron chi connectivity index (χ0n) is 8.13. The molecule has 1 atom stereocenters. The van der Waals surface area contributed by atoms with E-state index in [0.29, 0.717) is 0 Å². The number of nitrogens with one attached hydrogen (secondary N) is 1. The monoisotopic (exact) mass is 201 g/mol. The van der Waals surface area contributed by atoms with Gasteiger partial charge in [-0.15, -0.1) is 11.6 Å². The highest BCUT2D eigenvalue weighted by atomic mass is 35.5. The molecule has 1 aromatic rings. The second kappa shape index (κ2) is 5.25. The predicted molar refractivity (Wildman–Crippen MR) is 54.9 cm³/mol. The molecule has 1 N–H and O–H groups in total. The number of aromatic nitrogens is 2. The lowest BCUT2D eigenvalue weighted by molar-refractivity contribution is 0.654. The van der Waals surface area contributed by atoms with Gasteiger partial charge in [-0.2, -0.15) is 5.10 Å². The number of rotatable bonds is 5. The molecule has 3 nitrogen and oxygen atoms in total. The summed E-state index contributed by atoms with van der Waals surface area (Å²) in [6.07, 6.45) is 3.93. The van der Waals surface area contributed by atoms with Crippen LogP contribution in [0.15, 0.2) is 12.4 Å². The smallest absolute Gasteiger partial charge is 0.0534 e. The van der Waals surface area contributed by atoms with Crippen LogP contribution < -0.4 is 5.32 Å². The molecule has 0 amide bonds. The Morgan fingerprint density at radius 1 is 1.69 bits per heavy atom. The van der Waals surface area contributed by atoms with Gasteiger partial charge in [-0.05, 0) is 13.8 Å². The Hall–Kier alpha value is -0.540. The van der Waals surface area contributed by atoms with Gasteiger partial charge in [0.05, 0.1) is 6.20 Å². The zero-order chi connectivity index (χ0) is 9.68. The summed E-state index contributed by atoms with van der Waals surface area (Å²) in [5, 5.41) is 7.61. The van der Waals surface area contributed by atoms with E-state index in [4.69, 9.17) is 11.6 Å². The molecule has 1 aromatic heterocycles. The van der Waals surface area contributed by atoms with Gasteiger partial charge in [0, 0.05) is 36.8 Å². The zero-order valence-corrected chi connectivity index (χ0v) is 8.88. The Morgan fingerprint density at radius 3 is 3.00 bits per heavy atom. The van der Waals surface area contributed by atoms with Gasteiger partial charge in [-0.25, -0.2) is 0 Å². The summed E-state index contributed by atoms with van der Waals surface area (Å²) in [5.41, 5.74) is 1.21. The van der Waals surface area contributed by atoms with E-state index in [1.807, 2.05) is 24.0 Å². The third-order valence-corrected chi connectivity index (χ3v) is 1.92. The topological polar surface area (TPSA) is 29.9 Å². The fourth-order valence-corrected chi connectivity index (χ4v) is 1.20. The van der Waals surface area contributed by atoms with Gasteiger partial charge >= 0.3 is 0 Å². The minimum absolute atomic E-state index is 0.182. The Kier molecular flexibility index (Phi) is 4.25. The van der Waals surface area contributed by atoms with Crippen molar-refractivity contribution in [2.75, 3.05) is 6.54 Å². The molecular formula is C9H16ClN3. The summed E-state index contributed by atoms with van der Waals surface area (Å²) in [6.45, 7) is 6.65. The predicted octanol–water partition coefficient (Wildman–Crippen LogP) is 1.62. The van der Waals surface area contributed by atoms with Gasteiger partial charge in [0.2, 0.25) is 0 Å². The molecule has 0 radical (unpaired) electrons. The average molecular weight is 202 g/mol. The Bertz CT molecular complexity index is 245. The first-order valence-electron chi connectivity index (χ1n) is 4.58. The average Bonchev–Trinajstić information content (AvgIpc) is 2.52. The molecular weight excluding hydrogens is 186 g/mol. The standard InChI is InChI=1S/C9H16ClN3/c1-3-13-7-9(6-12-13)5-11-4-8(2)10/h6-8,11H,3-5H2,1-2H3. The molecule has 4 heteroatoms. The lowest BCUT2D eigenvalue weighted by atomic mass is 10.3. The van der Waals surface area contributed by atoms with Gasteiger partial charge in [0.1, 0.15) is 0 Å². The van der Waals surface area contributed by atoms with E-state index in [-0.39, 0.29) is 5.38 Å². The number of hydrogen-bond donors (Lipinski definition) is 1.